The predicted molar refractivity (Wildman–Crippen MR) is 108 cm³/mol. The fourth-order valence-corrected chi connectivity index (χ4v) is 4.01. The van der Waals surface area contributed by atoms with E-state index in [1.54, 1.807) is 24.3 Å². The summed E-state index contributed by atoms with van der Waals surface area (Å²) in [6.07, 6.45) is 1.07. The van der Waals surface area contributed by atoms with E-state index in [1.807, 2.05) is 19.9 Å². The first-order valence-corrected chi connectivity index (χ1v) is 10.4. The summed E-state index contributed by atoms with van der Waals surface area (Å²) >= 11 is 12.0. The highest BCUT2D eigenvalue weighted by molar-refractivity contribution is 7.92. The lowest BCUT2D eigenvalue weighted by atomic mass is 10.1. The molecule has 2 rings (SSSR count). The molecule has 0 saturated carbocycles. The highest BCUT2D eigenvalue weighted by atomic mass is 35.5. The van der Waals surface area contributed by atoms with Gasteiger partial charge in [-0.2, -0.15) is 0 Å². The second-order valence-electron chi connectivity index (χ2n) is 6.12. The van der Waals surface area contributed by atoms with Gasteiger partial charge in [-0.05, 0) is 62.2 Å². The van der Waals surface area contributed by atoms with Crippen LogP contribution in [0.2, 0.25) is 10.0 Å². The lowest BCUT2D eigenvalue weighted by Gasteiger charge is -2.28. The smallest absolute Gasteiger partial charge is 0.248 e. The molecule has 1 N–H and O–H groups in total. The van der Waals surface area contributed by atoms with E-state index in [0.29, 0.717) is 21.4 Å². The van der Waals surface area contributed by atoms with E-state index in [1.165, 1.54) is 13.0 Å². The zero-order valence-electron chi connectivity index (χ0n) is 14.9. The molecule has 0 spiro atoms. The summed E-state index contributed by atoms with van der Waals surface area (Å²) in [5.74, 6) is -0.516. The number of rotatable bonds is 5. The van der Waals surface area contributed by atoms with E-state index in [-0.39, 0.29) is 0 Å². The number of sulfonamides is 1. The van der Waals surface area contributed by atoms with Crippen LogP contribution in [0.3, 0.4) is 0 Å². The number of anilines is 2. The molecule has 1 amide bonds. The Kier molecular flexibility index (Phi) is 6.21. The number of nitrogens with zero attached hydrogens (tertiary/aromatic N) is 1. The topological polar surface area (TPSA) is 66.5 Å². The lowest BCUT2D eigenvalue weighted by molar-refractivity contribution is -0.116. The van der Waals surface area contributed by atoms with Crippen molar-refractivity contribution in [1.82, 2.24) is 0 Å². The van der Waals surface area contributed by atoms with Crippen LogP contribution < -0.4 is 9.62 Å². The maximum atomic E-state index is 12.7. The van der Waals surface area contributed by atoms with Crippen LogP contribution in [-0.4, -0.2) is 26.6 Å². The SMILES string of the molecule is Cc1ccc(N([C@@H](C)C(=O)Nc2cc(Cl)ccc2Cl)S(C)(=O)=O)cc1C. The summed E-state index contributed by atoms with van der Waals surface area (Å²) < 4.78 is 25.8. The van der Waals surface area contributed by atoms with Crippen molar-refractivity contribution >= 4 is 50.5 Å². The van der Waals surface area contributed by atoms with E-state index in [9.17, 15) is 13.2 Å². The average Bonchev–Trinajstić information content (AvgIpc) is 2.53. The van der Waals surface area contributed by atoms with Crippen molar-refractivity contribution in [2.45, 2.75) is 26.8 Å². The third-order valence-electron chi connectivity index (χ3n) is 4.02. The molecule has 0 unspecified atom stereocenters. The van der Waals surface area contributed by atoms with Gasteiger partial charge >= 0.3 is 0 Å². The quantitative estimate of drug-likeness (QED) is 0.787. The van der Waals surface area contributed by atoms with Crippen molar-refractivity contribution in [2.24, 2.45) is 0 Å². The fourth-order valence-electron chi connectivity index (χ4n) is 2.50. The van der Waals surface area contributed by atoms with Gasteiger partial charge in [0.05, 0.1) is 22.7 Å². The van der Waals surface area contributed by atoms with Crippen LogP contribution in [0.1, 0.15) is 18.1 Å². The molecule has 140 valence electrons. The second kappa shape index (κ2) is 7.86. The van der Waals surface area contributed by atoms with E-state index in [4.69, 9.17) is 23.2 Å². The Morgan fingerprint density at radius 3 is 2.31 bits per heavy atom. The Labute approximate surface area is 164 Å². The first-order valence-electron chi connectivity index (χ1n) is 7.83. The Hall–Kier alpha value is -1.76. The fraction of sp³-hybridized carbons (Fsp3) is 0.278. The van der Waals surface area contributed by atoms with Crippen molar-refractivity contribution < 1.29 is 13.2 Å². The minimum atomic E-state index is -3.69. The molecule has 2 aromatic rings. The third-order valence-corrected chi connectivity index (χ3v) is 5.83. The number of nitrogens with one attached hydrogen (secondary N) is 1. The van der Waals surface area contributed by atoms with E-state index < -0.39 is 22.0 Å². The van der Waals surface area contributed by atoms with Crippen LogP contribution >= 0.6 is 23.2 Å². The first-order chi connectivity index (χ1) is 12.0. The van der Waals surface area contributed by atoms with E-state index >= 15 is 0 Å². The normalized spacial score (nSPS) is 12.5. The number of halogens is 2. The molecule has 1 atom stereocenters. The summed E-state index contributed by atoms with van der Waals surface area (Å²) in [5.41, 5.74) is 2.71. The Morgan fingerprint density at radius 1 is 1.08 bits per heavy atom. The summed E-state index contributed by atoms with van der Waals surface area (Å²) in [7, 11) is -3.69. The van der Waals surface area contributed by atoms with Crippen molar-refractivity contribution in [3.8, 4) is 0 Å². The van der Waals surface area contributed by atoms with Gasteiger partial charge in [0.2, 0.25) is 15.9 Å². The summed E-state index contributed by atoms with van der Waals surface area (Å²) in [4.78, 5) is 12.7. The number of hydrogen-bond acceptors (Lipinski definition) is 3. The Balaban J connectivity index is 2.37. The number of aryl methyl sites for hydroxylation is 2. The predicted octanol–water partition coefficient (Wildman–Crippen LogP) is 4.40. The molecule has 0 aliphatic rings. The molecule has 0 heterocycles. The van der Waals surface area contributed by atoms with Crippen molar-refractivity contribution in [3.05, 3.63) is 57.6 Å². The van der Waals surface area contributed by atoms with E-state index in [2.05, 4.69) is 5.32 Å². The van der Waals surface area contributed by atoms with Gasteiger partial charge in [0.25, 0.3) is 0 Å². The number of amides is 1. The molecule has 0 aliphatic heterocycles. The van der Waals surface area contributed by atoms with Gasteiger partial charge < -0.3 is 5.32 Å². The van der Waals surface area contributed by atoms with Crippen molar-refractivity contribution in [3.63, 3.8) is 0 Å². The highest BCUT2D eigenvalue weighted by Gasteiger charge is 2.29. The second-order valence-corrected chi connectivity index (χ2v) is 8.82. The van der Waals surface area contributed by atoms with Gasteiger partial charge in [-0.1, -0.05) is 29.3 Å². The van der Waals surface area contributed by atoms with Crippen LogP contribution in [0, 0.1) is 13.8 Å². The minimum Gasteiger partial charge on any atom is -0.323 e. The summed E-state index contributed by atoms with van der Waals surface area (Å²) in [6, 6.07) is 8.92. The molecule has 0 radical (unpaired) electrons. The molecular formula is C18H20Cl2N2O3S. The molecule has 0 aromatic heterocycles. The van der Waals surface area contributed by atoms with Gasteiger partial charge in [-0.3, -0.25) is 9.10 Å². The molecule has 0 fully saturated rings. The van der Waals surface area contributed by atoms with Gasteiger partial charge in [-0.25, -0.2) is 8.42 Å². The molecule has 0 aliphatic carbocycles. The van der Waals surface area contributed by atoms with Crippen LogP contribution in [-0.2, 0) is 14.8 Å². The summed E-state index contributed by atoms with van der Waals surface area (Å²) in [5, 5.41) is 3.36. The van der Waals surface area contributed by atoms with Gasteiger partial charge in [-0.15, -0.1) is 0 Å². The number of carbonyl (C=O) groups excluding carboxylic acids is 1. The van der Waals surface area contributed by atoms with Gasteiger partial charge in [0, 0.05) is 5.02 Å². The Bertz CT molecular complexity index is 945. The number of benzene rings is 2. The molecule has 8 heteroatoms. The molecule has 26 heavy (non-hydrogen) atoms. The largest absolute Gasteiger partial charge is 0.323 e. The number of carbonyl (C=O) groups is 1. The van der Waals surface area contributed by atoms with Crippen LogP contribution in [0.4, 0.5) is 11.4 Å². The highest BCUT2D eigenvalue weighted by Crippen LogP contribution is 2.27. The van der Waals surface area contributed by atoms with E-state index in [0.717, 1.165) is 21.7 Å². The lowest BCUT2D eigenvalue weighted by Crippen LogP contribution is -2.45. The zero-order valence-corrected chi connectivity index (χ0v) is 17.2. The average molecular weight is 415 g/mol. The Morgan fingerprint density at radius 2 is 1.73 bits per heavy atom. The van der Waals surface area contributed by atoms with Crippen molar-refractivity contribution in [2.75, 3.05) is 15.9 Å². The molecule has 0 saturated heterocycles. The van der Waals surface area contributed by atoms with Crippen LogP contribution in [0.15, 0.2) is 36.4 Å². The first kappa shape index (κ1) is 20.6. The van der Waals surface area contributed by atoms with Crippen molar-refractivity contribution in [1.29, 1.82) is 0 Å². The zero-order chi connectivity index (χ0) is 19.6. The minimum absolute atomic E-state index is 0.312. The van der Waals surface area contributed by atoms with Crippen LogP contribution in [0.25, 0.3) is 0 Å². The molecule has 2 aromatic carbocycles. The third kappa shape index (κ3) is 4.69. The maximum absolute atomic E-state index is 12.7. The molecule has 5 nitrogen and oxygen atoms in total. The number of hydrogen-bond donors (Lipinski definition) is 1. The van der Waals surface area contributed by atoms with Gasteiger partial charge in [0.1, 0.15) is 6.04 Å². The standard InChI is InChI=1S/C18H20Cl2N2O3S/c1-11-5-7-15(9-12(11)2)22(26(4,24)25)13(3)18(23)21-17-10-14(19)6-8-16(17)20/h5-10,13H,1-4H3,(H,21,23)/t13-/m0/s1. The van der Waals surface area contributed by atoms with Crippen LogP contribution in [0.5, 0.6) is 0 Å². The summed E-state index contributed by atoms with van der Waals surface area (Å²) in [6.45, 7) is 5.33. The molecule has 0 bridgehead atoms. The van der Waals surface area contributed by atoms with Gasteiger partial charge in [0.15, 0.2) is 0 Å². The molecular weight excluding hydrogens is 395 g/mol. The maximum Gasteiger partial charge on any atom is 0.248 e. The monoisotopic (exact) mass is 414 g/mol.